The van der Waals surface area contributed by atoms with Crippen molar-refractivity contribution < 1.29 is 14.7 Å². The van der Waals surface area contributed by atoms with Crippen LogP contribution >= 0.6 is 24.0 Å². The fraction of sp³-hybridized carbons (Fsp3) is 0.316. The van der Waals surface area contributed by atoms with Crippen LogP contribution in [0, 0.1) is 0 Å². The van der Waals surface area contributed by atoms with E-state index in [-0.39, 0.29) is 14.8 Å². The van der Waals surface area contributed by atoms with Gasteiger partial charge < -0.3 is 10.0 Å². The maximum atomic E-state index is 13.2. The summed E-state index contributed by atoms with van der Waals surface area (Å²) in [6.45, 7) is 1.07. The molecule has 0 bridgehead atoms. The van der Waals surface area contributed by atoms with E-state index in [1.165, 1.54) is 10.5 Å². The molecule has 29 heavy (non-hydrogen) atoms. The summed E-state index contributed by atoms with van der Waals surface area (Å²) in [5, 5.41) is 9.01. The number of thioether (sulfide) groups is 1. The maximum Gasteiger partial charge on any atom is 0.323 e. The third-order valence-corrected chi connectivity index (χ3v) is 6.22. The van der Waals surface area contributed by atoms with Crippen LogP contribution in [0.1, 0.15) is 24.8 Å². The highest BCUT2D eigenvalue weighted by Crippen LogP contribution is 2.33. The van der Waals surface area contributed by atoms with Crippen LogP contribution in [0.3, 0.4) is 0 Å². The number of aromatic nitrogens is 2. The molecule has 2 fully saturated rings. The predicted molar refractivity (Wildman–Crippen MR) is 115 cm³/mol. The highest BCUT2D eigenvalue weighted by molar-refractivity contribution is 8.26. The summed E-state index contributed by atoms with van der Waals surface area (Å²) in [7, 11) is 0. The molecule has 0 unspecified atom stereocenters. The zero-order valence-electron chi connectivity index (χ0n) is 15.4. The number of thiocarbonyl (C=S) groups is 1. The number of rotatable bonds is 4. The van der Waals surface area contributed by atoms with E-state index in [1.807, 2.05) is 6.07 Å². The standard InChI is InChI=1S/C19H18N4O4S2/c24-15(25)11-23-18(27)13(29-19(23)28)10-12-16(21-7-3-1-4-8-21)20-14-6-2-5-9-22(14)17(12)26/h2,5-6,9-10H,1,3-4,7-8,11H2,(H,24,25)/b13-10+. The lowest BCUT2D eigenvalue weighted by atomic mass is 10.1. The SMILES string of the molecule is O=C(O)CN1C(=O)/C(=C\c2c(N3CCCCC3)nc3ccccn3c2=O)SC1=S. The van der Waals surface area contributed by atoms with Crippen molar-refractivity contribution in [3.8, 4) is 0 Å². The fourth-order valence-electron chi connectivity index (χ4n) is 3.47. The van der Waals surface area contributed by atoms with Gasteiger partial charge in [0.05, 0.1) is 10.5 Å². The number of pyridine rings is 1. The second-order valence-corrected chi connectivity index (χ2v) is 8.47. The molecule has 0 spiro atoms. The van der Waals surface area contributed by atoms with Crippen LogP contribution < -0.4 is 10.5 Å². The summed E-state index contributed by atoms with van der Waals surface area (Å²) in [6.07, 6.45) is 6.29. The number of carbonyl (C=O) groups excluding carboxylic acids is 1. The Morgan fingerprint density at radius 1 is 1.24 bits per heavy atom. The van der Waals surface area contributed by atoms with Crippen LogP contribution in [0.25, 0.3) is 11.7 Å². The lowest BCUT2D eigenvalue weighted by Crippen LogP contribution is -2.34. The van der Waals surface area contributed by atoms with Gasteiger partial charge in [-0.05, 0) is 37.5 Å². The van der Waals surface area contributed by atoms with E-state index in [4.69, 9.17) is 22.3 Å². The summed E-state index contributed by atoms with van der Waals surface area (Å²) >= 11 is 6.15. The number of amides is 1. The summed E-state index contributed by atoms with van der Waals surface area (Å²) in [6, 6.07) is 5.33. The lowest BCUT2D eigenvalue weighted by molar-refractivity contribution is -0.140. The Hall–Kier alpha value is -2.72. The number of hydrogen-bond donors (Lipinski definition) is 1. The highest BCUT2D eigenvalue weighted by Gasteiger charge is 2.34. The molecule has 0 atom stereocenters. The third-order valence-electron chi connectivity index (χ3n) is 4.85. The molecule has 150 valence electrons. The highest BCUT2D eigenvalue weighted by atomic mass is 32.2. The molecule has 4 rings (SSSR count). The quantitative estimate of drug-likeness (QED) is 0.581. The second kappa shape index (κ2) is 7.96. The molecule has 1 amide bonds. The predicted octanol–water partition coefficient (Wildman–Crippen LogP) is 1.97. The average molecular weight is 431 g/mol. The van der Waals surface area contributed by atoms with Gasteiger partial charge in [0.25, 0.3) is 11.5 Å². The van der Waals surface area contributed by atoms with Crippen molar-refractivity contribution in [1.29, 1.82) is 0 Å². The number of carboxylic acids is 1. The largest absolute Gasteiger partial charge is 0.480 e. The molecule has 8 nitrogen and oxygen atoms in total. The van der Waals surface area contributed by atoms with Crippen molar-refractivity contribution in [1.82, 2.24) is 14.3 Å². The zero-order valence-corrected chi connectivity index (χ0v) is 17.0. The normalized spacial score (nSPS) is 18.8. The first-order chi connectivity index (χ1) is 14.0. The molecule has 10 heteroatoms. The molecule has 2 aromatic rings. The first kappa shape index (κ1) is 19.6. The number of aliphatic carboxylic acids is 1. The molecule has 0 saturated carbocycles. The summed E-state index contributed by atoms with van der Waals surface area (Å²) in [4.78, 5) is 44.9. The van der Waals surface area contributed by atoms with Gasteiger partial charge in [0.2, 0.25) is 0 Å². The summed E-state index contributed by atoms with van der Waals surface area (Å²) in [5.41, 5.74) is 0.569. The molecule has 0 radical (unpaired) electrons. The van der Waals surface area contributed by atoms with Gasteiger partial charge in [-0.15, -0.1) is 0 Å². The molecule has 2 aromatic heterocycles. The molecule has 2 saturated heterocycles. The van der Waals surface area contributed by atoms with Crippen molar-refractivity contribution in [2.24, 2.45) is 0 Å². The van der Waals surface area contributed by atoms with Gasteiger partial charge in [-0.3, -0.25) is 23.7 Å². The molecule has 4 heterocycles. The van der Waals surface area contributed by atoms with Gasteiger partial charge in [0.1, 0.15) is 22.3 Å². The monoisotopic (exact) mass is 430 g/mol. The third kappa shape index (κ3) is 3.77. The van der Waals surface area contributed by atoms with Crippen molar-refractivity contribution in [3.05, 3.63) is 45.2 Å². The van der Waals surface area contributed by atoms with E-state index in [2.05, 4.69) is 4.90 Å². The molecule has 0 aliphatic carbocycles. The van der Waals surface area contributed by atoms with Crippen LogP contribution in [0.2, 0.25) is 0 Å². The van der Waals surface area contributed by atoms with Crippen molar-refractivity contribution in [2.75, 3.05) is 24.5 Å². The van der Waals surface area contributed by atoms with Crippen LogP contribution in [-0.2, 0) is 9.59 Å². The van der Waals surface area contributed by atoms with Crippen molar-refractivity contribution in [2.45, 2.75) is 19.3 Å². The maximum absolute atomic E-state index is 13.2. The zero-order chi connectivity index (χ0) is 20.5. The Bertz CT molecular complexity index is 1110. The minimum Gasteiger partial charge on any atom is -0.480 e. The van der Waals surface area contributed by atoms with Gasteiger partial charge in [-0.2, -0.15) is 0 Å². The Kier molecular flexibility index (Phi) is 5.37. The Balaban J connectivity index is 1.84. The van der Waals surface area contributed by atoms with E-state index in [1.54, 1.807) is 18.3 Å². The van der Waals surface area contributed by atoms with Crippen molar-refractivity contribution in [3.63, 3.8) is 0 Å². The number of anilines is 1. The minimum absolute atomic E-state index is 0.164. The molecule has 0 aromatic carbocycles. The summed E-state index contributed by atoms with van der Waals surface area (Å²) < 4.78 is 1.61. The molecule has 2 aliphatic heterocycles. The van der Waals surface area contributed by atoms with Crippen LogP contribution in [0.5, 0.6) is 0 Å². The van der Waals surface area contributed by atoms with Gasteiger partial charge in [0, 0.05) is 19.3 Å². The molecular formula is C19H18N4O4S2. The van der Waals surface area contributed by atoms with Crippen LogP contribution in [0.4, 0.5) is 5.82 Å². The average Bonchev–Trinajstić information content (AvgIpc) is 2.97. The molecular weight excluding hydrogens is 412 g/mol. The van der Waals surface area contributed by atoms with Gasteiger partial charge >= 0.3 is 5.97 Å². The number of nitrogens with zero attached hydrogens (tertiary/aromatic N) is 4. The van der Waals surface area contributed by atoms with Gasteiger partial charge in [0.15, 0.2) is 0 Å². The number of carbonyl (C=O) groups is 2. The fourth-order valence-corrected chi connectivity index (χ4v) is 4.70. The van der Waals surface area contributed by atoms with E-state index < -0.39 is 18.4 Å². The first-order valence-electron chi connectivity index (χ1n) is 9.19. The number of carboxylic acid groups (broad SMARTS) is 1. The van der Waals surface area contributed by atoms with E-state index in [0.29, 0.717) is 17.0 Å². The second-order valence-electron chi connectivity index (χ2n) is 6.79. The molecule has 1 N–H and O–H groups in total. The van der Waals surface area contributed by atoms with Gasteiger partial charge in [-0.1, -0.05) is 30.0 Å². The number of fused-ring (bicyclic) bond motifs is 1. The minimum atomic E-state index is -1.15. The Morgan fingerprint density at radius 2 is 2.00 bits per heavy atom. The smallest absolute Gasteiger partial charge is 0.323 e. The number of hydrogen-bond acceptors (Lipinski definition) is 7. The Morgan fingerprint density at radius 3 is 2.72 bits per heavy atom. The van der Waals surface area contributed by atoms with E-state index >= 15 is 0 Å². The van der Waals surface area contributed by atoms with E-state index in [0.717, 1.165) is 49.0 Å². The van der Waals surface area contributed by atoms with E-state index in [9.17, 15) is 14.4 Å². The Labute approximate surface area is 175 Å². The van der Waals surface area contributed by atoms with Crippen molar-refractivity contribution >= 4 is 57.7 Å². The summed E-state index contributed by atoms with van der Waals surface area (Å²) in [5.74, 6) is -1.11. The molecule has 2 aliphatic rings. The van der Waals surface area contributed by atoms with Crippen LogP contribution in [0.15, 0.2) is 34.1 Å². The number of piperidine rings is 1. The first-order valence-corrected chi connectivity index (χ1v) is 10.4. The van der Waals surface area contributed by atoms with Crippen LogP contribution in [-0.4, -0.2) is 55.2 Å². The lowest BCUT2D eigenvalue weighted by Gasteiger charge is -2.29. The topological polar surface area (TPSA) is 95.2 Å². The van der Waals surface area contributed by atoms with Gasteiger partial charge in [-0.25, -0.2) is 4.98 Å².